The van der Waals surface area contributed by atoms with Crippen molar-refractivity contribution in [2.75, 3.05) is 6.61 Å². The van der Waals surface area contributed by atoms with Gasteiger partial charge in [0.25, 0.3) is 0 Å². The van der Waals surface area contributed by atoms with Crippen molar-refractivity contribution >= 4 is 17.2 Å². The lowest BCUT2D eigenvalue weighted by atomic mass is 10.2. The van der Waals surface area contributed by atoms with Gasteiger partial charge in [0.15, 0.2) is 11.6 Å². The highest BCUT2D eigenvalue weighted by Gasteiger charge is 2.04. The topological polar surface area (TPSA) is 35.2 Å². The summed E-state index contributed by atoms with van der Waals surface area (Å²) in [5.41, 5.74) is 5.84. The first kappa shape index (κ1) is 9.92. The molecule has 0 atom stereocenters. The van der Waals surface area contributed by atoms with E-state index in [2.05, 4.69) is 0 Å². The predicted molar refractivity (Wildman–Crippen MR) is 53.5 cm³/mol. The average Bonchev–Trinajstić information content (AvgIpc) is 2.08. The van der Waals surface area contributed by atoms with E-state index in [9.17, 15) is 4.39 Å². The first-order valence-electron chi connectivity index (χ1n) is 3.87. The highest BCUT2D eigenvalue weighted by Crippen LogP contribution is 2.17. The molecule has 0 aliphatic rings. The van der Waals surface area contributed by atoms with Crippen molar-refractivity contribution in [2.24, 2.45) is 5.73 Å². The molecule has 0 radical (unpaired) electrons. The molecule has 0 heterocycles. The van der Waals surface area contributed by atoms with Crippen molar-refractivity contribution in [3.8, 4) is 5.75 Å². The van der Waals surface area contributed by atoms with Crippen LogP contribution in [0.25, 0.3) is 0 Å². The summed E-state index contributed by atoms with van der Waals surface area (Å²) < 4.78 is 18.2. The molecule has 0 amide bonds. The van der Waals surface area contributed by atoms with E-state index >= 15 is 0 Å². The van der Waals surface area contributed by atoms with E-state index in [4.69, 9.17) is 22.7 Å². The van der Waals surface area contributed by atoms with Gasteiger partial charge in [0.1, 0.15) is 4.99 Å². The number of benzene rings is 1. The van der Waals surface area contributed by atoms with Gasteiger partial charge in [-0.05, 0) is 25.1 Å². The van der Waals surface area contributed by atoms with Crippen LogP contribution in [0.5, 0.6) is 5.75 Å². The molecule has 0 fully saturated rings. The molecule has 0 saturated carbocycles. The molecule has 0 bridgehead atoms. The number of thiocarbonyl (C=S) groups is 1. The number of halogens is 1. The smallest absolute Gasteiger partial charge is 0.165 e. The minimum Gasteiger partial charge on any atom is -0.491 e. The molecule has 1 aromatic carbocycles. The largest absolute Gasteiger partial charge is 0.491 e. The second kappa shape index (κ2) is 4.18. The molecule has 0 aliphatic carbocycles. The second-order valence-electron chi connectivity index (χ2n) is 2.44. The molecule has 0 unspecified atom stereocenters. The maximum Gasteiger partial charge on any atom is 0.165 e. The summed E-state index contributed by atoms with van der Waals surface area (Å²) in [6.45, 7) is 2.23. The molecule has 0 spiro atoms. The van der Waals surface area contributed by atoms with Gasteiger partial charge in [-0.3, -0.25) is 0 Å². The zero-order valence-electron chi connectivity index (χ0n) is 7.21. The van der Waals surface area contributed by atoms with Crippen molar-refractivity contribution in [2.45, 2.75) is 6.92 Å². The molecule has 0 saturated heterocycles. The Kier molecular flexibility index (Phi) is 3.19. The predicted octanol–water partition coefficient (Wildman–Crippen LogP) is 1.86. The average molecular weight is 199 g/mol. The van der Waals surface area contributed by atoms with Gasteiger partial charge in [0.05, 0.1) is 6.61 Å². The zero-order valence-corrected chi connectivity index (χ0v) is 8.03. The van der Waals surface area contributed by atoms with Crippen LogP contribution in [0.2, 0.25) is 0 Å². The summed E-state index contributed by atoms with van der Waals surface area (Å²) >= 11 is 4.70. The van der Waals surface area contributed by atoms with Gasteiger partial charge < -0.3 is 10.5 Å². The third-order valence-corrected chi connectivity index (χ3v) is 1.75. The Morgan fingerprint density at radius 1 is 1.62 bits per heavy atom. The third kappa shape index (κ3) is 2.39. The molecule has 1 rings (SSSR count). The molecular weight excluding hydrogens is 189 g/mol. The Labute approximate surface area is 81.5 Å². The highest BCUT2D eigenvalue weighted by atomic mass is 32.1. The standard InChI is InChI=1S/C9H10FNOS/c1-2-12-8-4-3-6(9(11)13)5-7(8)10/h3-5H,2H2,1H3,(H2,11,13). The van der Waals surface area contributed by atoms with Gasteiger partial charge in [-0.25, -0.2) is 4.39 Å². The van der Waals surface area contributed by atoms with E-state index in [0.29, 0.717) is 12.2 Å². The lowest BCUT2D eigenvalue weighted by Gasteiger charge is -2.05. The molecule has 2 nitrogen and oxygen atoms in total. The van der Waals surface area contributed by atoms with Crippen LogP contribution in [0.15, 0.2) is 18.2 Å². The molecule has 13 heavy (non-hydrogen) atoms. The Morgan fingerprint density at radius 2 is 2.31 bits per heavy atom. The Balaban J connectivity index is 2.98. The first-order chi connectivity index (χ1) is 6.15. The van der Waals surface area contributed by atoms with Crippen molar-refractivity contribution in [1.82, 2.24) is 0 Å². The molecule has 1 aromatic rings. The second-order valence-corrected chi connectivity index (χ2v) is 2.88. The van der Waals surface area contributed by atoms with Gasteiger partial charge in [-0.2, -0.15) is 0 Å². The highest BCUT2D eigenvalue weighted by molar-refractivity contribution is 7.80. The van der Waals surface area contributed by atoms with E-state index in [1.54, 1.807) is 13.0 Å². The molecule has 2 N–H and O–H groups in total. The summed E-state index contributed by atoms with van der Waals surface area (Å²) in [6.07, 6.45) is 0. The summed E-state index contributed by atoms with van der Waals surface area (Å²) in [5.74, 6) is -0.213. The number of nitrogens with two attached hydrogens (primary N) is 1. The number of ether oxygens (including phenoxy) is 1. The minimum atomic E-state index is -0.438. The normalized spacial score (nSPS) is 9.69. The lowest BCUT2D eigenvalue weighted by molar-refractivity contribution is 0.321. The molecule has 0 aromatic heterocycles. The Hall–Kier alpha value is -1.16. The van der Waals surface area contributed by atoms with Gasteiger partial charge >= 0.3 is 0 Å². The Bertz CT molecular complexity index is 327. The van der Waals surface area contributed by atoms with Crippen LogP contribution >= 0.6 is 12.2 Å². The van der Waals surface area contributed by atoms with E-state index in [1.807, 2.05) is 0 Å². The third-order valence-electron chi connectivity index (χ3n) is 1.52. The van der Waals surface area contributed by atoms with Crippen LogP contribution in [-0.2, 0) is 0 Å². The molecular formula is C9H10FNOS. The summed E-state index contributed by atoms with van der Waals surface area (Å²) in [5, 5.41) is 0. The van der Waals surface area contributed by atoms with E-state index in [1.165, 1.54) is 12.1 Å². The van der Waals surface area contributed by atoms with Crippen LogP contribution in [0.1, 0.15) is 12.5 Å². The summed E-state index contributed by atoms with van der Waals surface area (Å²) in [7, 11) is 0. The van der Waals surface area contributed by atoms with E-state index in [-0.39, 0.29) is 10.7 Å². The van der Waals surface area contributed by atoms with E-state index < -0.39 is 5.82 Å². The number of hydrogen-bond acceptors (Lipinski definition) is 2. The fourth-order valence-electron chi connectivity index (χ4n) is 0.927. The molecule has 0 aliphatic heterocycles. The van der Waals surface area contributed by atoms with Crippen LogP contribution in [0, 0.1) is 5.82 Å². The first-order valence-corrected chi connectivity index (χ1v) is 4.28. The summed E-state index contributed by atoms with van der Waals surface area (Å²) in [6, 6.07) is 4.43. The van der Waals surface area contributed by atoms with Crippen LogP contribution in [0.4, 0.5) is 4.39 Å². The van der Waals surface area contributed by atoms with Crippen molar-refractivity contribution in [3.63, 3.8) is 0 Å². The van der Waals surface area contributed by atoms with Crippen molar-refractivity contribution in [3.05, 3.63) is 29.6 Å². The fourth-order valence-corrected chi connectivity index (χ4v) is 1.05. The molecule has 4 heteroatoms. The Morgan fingerprint density at radius 3 is 2.77 bits per heavy atom. The summed E-state index contributed by atoms with van der Waals surface area (Å²) in [4.78, 5) is 0.182. The molecule has 70 valence electrons. The fraction of sp³-hybridized carbons (Fsp3) is 0.222. The number of rotatable bonds is 3. The van der Waals surface area contributed by atoms with Gasteiger partial charge in [-0.15, -0.1) is 0 Å². The maximum atomic E-state index is 13.2. The zero-order chi connectivity index (χ0) is 9.84. The van der Waals surface area contributed by atoms with Gasteiger partial charge in [-0.1, -0.05) is 12.2 Å². The monoisotopic (exact) mass is 199 g/mol. The quantitative estimate of drug-likeness (QED) is 0.755. The van der Waals surface area contributed by atoms with E-state index in [0.717, 1.165) is 0 Å². The van der Waals surface area contributed by atoms with Crippen LogP contribution < -0.4 is 10.5 Å². The lowest BCUT2D eigenvalue weighted by Crippen LogP contribution is -2.09. The van der Waals surface area contributed by atoms with Crippen molar-refractivity contribution in [1.29, 1.82) is 0 Å². The van der Waals surface area contributed by atoms with Gasteiger partial charge in [0.2, 0.25) is 0 Å². The van der Waals surface area contributed by atoms with Gasteiger partial charge in [0, 0.05) is 5.56 Å². The van der Waals surface area contributed by atoms with Crippen LogP contribution in [-0.4, -0.2) is 11.6 Å². The van der Waals surface area contributed by atoms with Crippen LogP contribution in [0.3, 0.4) is 0 Å². The van der Waals surface area contributed by atoms with Crippen molar-refractivity contribution < 1.29 is 9.13 Å². The minimum absolute atomic E-state index is 0.182. The maximum absolute atomic E-state index is 13.2. The SMILES string of the molecule is CCOc1ccc(C(N)=S)cc1F. The number of hydrogen-bond donors (Lipinski definition) is 1.